The third-order valence-corrected chi connectivity index (χ3v) is 6.13. The maximum absolute atomic E-state index is 11.7. The van der Waals surface area contributed by atoms with E-state index in [2.05, 4.69) is 40.3 Å². The summed E-state index contributed by atoms with van der Waals surface area (Å²) in [6, 6.07) is 13.1. The second kappa shape index (κ2) is 6.56. The first-order valence-corrected chi connectivity index (χ1v) is 10.9. The number of sulfone groups is 1. The van der Waals surface area contributed by atoms with Crippen LogP contribution < -0.4 is 0 Å². The molecule has 0 aliphatic carbocycles. The van der Waals surface area contributed by atoms with Gasteiger partial charge in [0.1, 0.15) is 5.65 Å². The fourth-order valence-electron chi connectivity index (χ4n) is 3.61. The summed E-state index contributed by atoms with van der Waals surface area (Å²) in [5.74, 6) is 0. The lowest BCUT2D eigenvalue weighted by atomic mass is 10.0. The molecule has 0 saturated heterocycles. The lowest BCUT2D eigenvalue weighted by Gasteiger charge is -2.14. The largest absolute Gasteiger partial charge is 0.296 e. The molecule has 5 nitrogen and oxygen atoms in total. The first-order valence-electron chi connectivity index (χ1n) is 8.97. The van der Waals surface area contributed by atoms with Crippen molar-refractivity contribution in [3.05, 3.63) is 71.8 Å². The molecule has 3 aromatic heterocycles. The van der Waals surface area contributed by atoms with Crippen LogP contribution in [0.4, 0.5) is 0 Å². The summed E-state index contributed by atoms with van der Waals surface area (Å²) >= 11 is 0. The number of aryl methyl sites for hydroxylation is 3. The summed E-state index contributed by atoms with van der Waals surface area (Å²) < 4.78 is 25.6. The van der Waals surface area contributed by atoms with Gasteiger partial charge in [-0.2, -0.15) is 0 Å². The van der Waals surface area contributed by atoms with Gasteiger partial charge in [-0.3, -0.25) is 9.38 Å². The van der Waals surface area contributed by atoms with Gasteiger partial charge in [0.05, 0.1) is 16.8 Å². The molecule has 0 aliphatic heterocycles. The highest BCUT2D eigenvalue weighted by atomic mass is 32.2. The Morgan fingerprint density at radius 2 is 1.54 bits per heavy atom. The number of hydrogen-bond acceptors (Lipinski definition) is 4. The molecule has 6 heteroatoms. The highest BCUT2D eigenvalue weighted by Gasteiger charge is 2.15. The molecule has 0 bridgehead atoms. The van der Waals surface area contributed by atoms with Crippen molar-refractivity contribution in [3.63, 3.8) is 0 Å². The lowest BCUT2D eigenvalue weighted by Crippen LogP contribution is -2.01. The molecule has 0 N–H and O–H groups in total. The van der Waals surface area contributed by atoms with Gasteiger partial charge in [-0.25, -0.2) is 13.4 Å². The Bertz CT molecular complexity index is 1290. The standard InChI is InChI=1S/C22H21N3O2S/c1-14-11-21-24-13-20(17-7-9-19(10-8-17)28(4,26)27)25(21)16(3)22(14)18-6-5-15(2)23-12-18/h5-13H,1-4H3. The monoisotopic (exact) mass is 391 g/mol. The Balaban J connectivity index is 1.92. The van der Waals surface area contributed by atoms with Crippen LogP contribution in [0.3, 0.4) is 0 Å². The van der Waals surface area contributed by atoms with E-state index in [1.165, 1.54) is 6.26 Å². The zero-order valence-electron chi connectivity index (χ0n) is 16.3. The number of pyridine rings is 2. The zero-order valence-corrected chi connectivity index (χ0v) is 17.1. The molecule has 0 fully saturated rings. The Labute approximate surface area is 164 Å². The topological polar surface area (TPSA) is 64.3 Å². The van der Waals surface area contributed by atoms with E-state index in [0.29, 0.717) is 4.90 Å². The molecule has 0 unspecified atom stereocenters. The average Bonchev–Trinajstić information content (AvgIpc) is 3.06. The van der Waals surface area contributed by atoms with Crippen molar-refractivity contribution >= 4 is 15.5 Å². The molecule has 0 amide bonds. The number of nitrogens with zero attached hydrogens (tertiary/aromatic N) is 3. The second-order valence-electron chi connectivity index (χ2n) is 7.11. The molecule has 0 spiro atoms. The van der Waals surface area contributed by atoms with Crippen LogP contribution in [0.15, 0.2) is 59.8 Å². The minimum absolute atomic E-state index is 0.309. The van der Waals surface area contributed by atoms with Crippen molar-refractivity contribution in [2.24, 2.45) is 0 Å². The van der Waals surface area contributed by atoms with E-state index in [1.54, 1.807) is 12.1 Å². The highest BCUT2D eigenvalue weighted by Crippen LogP contribution is 2.32. The van der Waals surface area contributed by atoms with Crippen LogP contribution in [0.2, 0.25) is 0 Å². The van der Waals surface area contributed by atoms with E-state index >= 15 is 0 Å². The third-order valence-electron chi connectivity index (χ3n) is 5.00. The number of hydrogen-bond donors (Lipinski definition) is 0. The lowest BCUT2D eigenvalue weighted by molar-refractivity contribution is 0.602. The fraction of sp³-hybridized carbons (Fsp3) is 0.182. The van der Waals surface area contributed by atoms with Crippen LogP contribution in [0.5, 0.6) is 0 Å². The van der Waals surface area contributed by atoms with Crippen molar-refractivity contribution in [2.45, 2.75) is 25.7 Å². The fourth-order valence-corrected chi connectivity index (χ4v) is 4.24. The number of benzene rings is 1. The van der Waals surface area contributed by atoms with Gasteiger partial charge in [-0.05, 0) is 50.6 Å². The molecule has 28 heavy (non-hydrogen) atoms. The minimum atomic E-state index is -3.22. The van der Waals surface area contributed by atoms with Gasteiger partial charge < -0.3 is 0 Å². The van der Waals surface area contributed by atoms with Crippen molar-refractivity contribution in [2.75, 3.05) is 6.26 Å². The molecule has 1 aromatic carbocycles. The van der Waals surface area contributed by atoms with Crippen LogP contribution in [-0.2, 0) is 9.84 Å². The highest BCUT2D eigenvalue weighted by molar-refractivity contribution is 7.90. The van der Waals surface area contributed by atoms with Crippen molar-refractivity contribution < 1.29 is 8.42 Å². The summed E-state index contributed by atoms with van der Waals surface area (Å²) in [7, 11) is -3.22. The quantitative estimate of drug-likeness (QED) is 0.519. The van der Waals surface area contributed by atoms with Crippen molar-refractivity contribution in [1.82, 2.24) is 14.4 Å². The van der Waals surface area contributed by atoms with Gasteiger partial charge in [0, 0.05) is 40.5 Å². The molecule has 4 aromatic rings. The van der Waals surface area contributed by atoms with Crippen LogP contribution in [-0.4, -0.2) is 29.0 Å². The van der Waals surface area contributed by atoms with Gasteiger partial charge >= 0.3 is 0 Å². The number of rotatable bonds is 3. The summed E-state index contributed by atoms with van der Waals surface area (Å²) in [5.41, 5.74) is 8.09. The van der Waals surface area contributed by atoms with Gasteiger partial charge in [-0.1, -0.05) is 18.2 Å². The molecule has 0 saturated carbocycles. The van der Waals surface area contributed by atoms with E-state index in [9.17, 15) is 8.42 Å². The van der Waals surface area contributed by atoms with Gasteiger partial charge in [-0.15, -0.1) is 0 Å². The van der Waals surface area contributed by atoms with Crippen LogP contribution in [0.1, 0.15) is 17.0 Å². The molecular weight excluding hydrogens is 370 g/mol. The Morgan fingerprint density at radius 3 is 2.14 bits per heavy atom. The van der Waals surface area contributed by atoms with Gasteiger partial charge in [0.15, 0.2) is 9.84 Å². The Hall–Kier alpha value is -2.99. The second-order valence-corrected chi connectivity index (χ2v) is 9.13. The number of fused-ring (bicyclic) bond motifs is 1. The van der Waals surface area contributed by atoms with Crippen molar-refractivity contribution in [1.29, 1.82) is 0 Å². The van der Waals surface area contributed by atoms with E-state index in [-0.39, 0.29) is 0 Å². The molecule has 3 heterocycles. The third kappa shape index (κ3) is 3.10. The van der Waals surface area contributed by atoms with Crippen LogP contribution in [0.25, 0.3) is 28.0 Å². The molecule has 142 valence electrons. The summed E-state index contributed by atoms with van der Waals surface area (Å²) in [6.07, 6.45) is 4.94. The van der Waals surface area contributed by atoms with Gasteiger partial charge in [0.25, 0.3) is 0 Å². The summed E-state index contributed by atoms with van der Waals surface area (Å²) in [6.45, 7) is 6.13. The molecular formula is C22H21N3O2S. The average molecular weight is 391 g/mol. The SMILES string of the molecule is Cc1ccc(-c2c(C)cc3ncc(-c4ccc(S(C)(=O)=O)cc4)n3c2C)cn1. The molecule has 0 radical (unpaired) electrons. The van der Waals surface area contributed by atoms with Crippen LogP contribution >= 0.6 is 0 Å². The van der Waals surface area contributed by atoms with E-state index in [0.717, 1.165) is 45.0 Å². The predicted molar refractivity (Wildman–Crippen MR) is 111 cm³/mol. The Kier molecular flexibility index (Phi) is 4.31. The maximum Gasteiger partial charge on any atom is 0.175 e. The minimum Gasteiger partial charge on any atom is -0.296 e. The van der Waals surface area contributed by atoms with E-state index in [4.69, 9.17) is 0 Å². The first-order chi connectivity index (χ1) is 13.3. The first kappa shape index (κ1) is 18.4. The number of imidazole rings is 1. The van der Waals surface area contributed by atoms with E-state index < -0.39 is 9.84 Å². The smallest absolute Gasteiger partial charge is 0.175 e. The van der Waals surface area contributed by atoms with Crippen LogP contribution in [0, 0.1) is 20.8 Å². The zero-order chi connectivity index (χ0) is 20.1. The van der Waals surface area contributed by atoms with Gasteiger partial charge in [0.2, 0.25) is 0 Å². The number of aromatic nitrogens is 3. The van der Waals surface area contributed by atoms with E-state index in [1.807, 2.05) is 37.5 Å². The predicted octanol–water partition coefficient (Wildman–Crippen LogP) is 4.39. The normalized spacial score (nSPS) is 11.9. The molecule has 0 atom stereocenters. The Morgan fingerprint density at radius 1 is 0.857 bits per heavy atom. The maximum atomic E-state index is 11.7. The van der Waals surface area contributed by atoms with Crippen molar-refractivity contribution in [3.8, 4) is 22.4 Å². The summed E-state index contributed by atoms with van der Waals surface area (Å²) in [4.78, 5) is 9.31. The molecule has 4 rings (SSSR count). The molecule has 0 aliphatic rings. The summed E-state index contributed by atoms with van der Waals surface area (Å²) in [5, 5.41) is 0.